The molecule has 0 aliphatic carbocycles. The summed E-state index contributed by atoms with van der Waals surface area (Å²) in [5, 5.41) is 7.60. The zero-order chi connectivity index (χ0) is 11.1. The van der Waals surface area contributed by atoms with Gasteiger partial charge in [-0.25, -0.2) is 0 Å². The Kier molecular flexibility index (Phi) is 2.51. The molecule has 0 atom stereocenters. The molecule has 14 heavy (non-hydrogen) atoms. The number of nitrogens with zero attached hydrogens (tertiary/aromatic N) is 1. The topological polar surface area (TPSA) is 28.7 Å². The fourth-order valence-corrected chi connectivity index (χ4v) is 1.86. The van der Waals surface area contributed by atoms with E-state index < -0.39 is 0 Å². The van der Waals surface area contributed by atoms with Gasteiger partial charge in [-0.05, 0) is 12.5 Å². The largest absolute Gasteiger partial charge is 0.281 e. The molecule has 0 saturated carbocycles. The standard InChI is InChI=1S/C12H22N2/c1-8-9(11(2,3)4)13-14-10(8)12(5,6)7/h1-7H3,(H,13,14). The van der Waals surface area contributed by atoms with Crippen molar-refractivity contribution in [2.24, 2.45) is 0 Å². The van der Waals surface area contributed by atoms with Crippen molar-refractivity contribution in [1.82, 2.24) is 10.2 Å². The number of aromatic nitrogens is 2. The summed E-state index contributed by atoms with van der Waals surface area (Å²) in [6.45, 7) is 15.4. The van der Waals surface area contributed by atoms with Gasteiger partial charge in [0.2, 0.25) is 0 Å². The van der Waals surface area contributed by atoms with Crippen molar-refractivity contribution >= 4 is 0 Å². The van der Waals surface area contributed by atoms with Gasteiger partial charge in [-0.15, -0.1) is 0 Å². The molecule has 1 heterocycles. The predicted molar refractivity (Wildman–Crippen MR) is 60.7 cm³/mol. The van der Waals surface area contributed by atoms with Crippen molar-refractivity contribution in [2.45, 2.75) is 59.3 Å². The lowest BCUT2D eigenvalue weighted by atomic mass is 9.84. The Morgan fingerprint density at radius 1 is 0.929 bits per heavy atom. The van der Waals surface area contributed by atoms with E-state index in [1.54, 1.807) is 0 Å². The van der Waals surface area contributed by atoms with Gasteiger partial charge in [0.25, 0.3) is 0 Å². The average molecular weight is 194 g/mol. The Balaban J connectivity index is 3.23. The quantitative estimate of drug-likeness (QED) is 0.674. The number of nitrogens with one attached hydrogen (secondary N) is 1. The van der Waals surface area contributed by atoms with Crippen LogP contribution in [0.1, 0.15) is 58.5 Å². The Hall–Kier alpha value is -0.790. The number of hydrogen-bond acceptors (Lipinski definition) is 1. The van der Waals surface area contributed by atoms with Gasteiger partial charge >= 0.3 is 0 Å². The number of hydrogen-bond donors (Lipinski definition) is 1. The highest BCUT2D eigenvalue weighted by Crippen LogP contribution is 2.30. The number of H-pyrrole nitrogens is 1. The van der Waals surface area contributed by atoms with Gasteiger partial charge in [0.15, 0.2) is 0 Å². The van der Waals surface area contributed by atoms with Crippen LogP contribution in [-0.4, -0.2) is 10.2 Å². The molecule has 0 aliphatic rings. The van der Waals surface area contributed by atoms with Gasteiger partial charge in [0, 0.05) is 16.5 Å². The third-order valence-corrected chi connectivity index (χ3v) is 2.47. The van der Waals surface area contributed by atoms with Crippen LogP contribution in [0.4, 0.5) is 0 Å². The van der Waals surface area contributed by atoms with E-state index in [9.17, 15) is 0 Å². The molecule has 0 aromatic carbocycles. The molecule has 2 nitrogen and oxygen atoms in total. The van der Waals surface area contributed by atoms with E-state index in [4.69, 9.17) is 0 Å². The zero-order valence-electron chi connectivity index (χ0n) is 10.4. The molecular formula is C12H22N2. The molecule has 0 fully saturated rings. The summed E-state index contributed by atoms with van der Waals surface area (Å²) >= 11 is 0. The van der Waals surface area contributed by atoms with Crippen LogP contribution in [0.2, 0.25) is 0 Å². The summed E-state index contributed by atoms with van der Waals surface area (Å²) in [5.41, 5.74) is 4.03. The monoisotopic (exact) mass is 194 g/mol. The minimum atomic E-state index is 0.129. The van der Waals surface area contributed by atoms with E-state index in [2.05, 4.69) is 58.7 Å². The van der Waals surface area contributed by atoms with Crippen molar-refractivity contribution < 1.29 is 0 Å². The van der Waals surface area contributed by atoms with Crippen molar-refractivity contribution in [3.8, 4) is 0 Å². The lowest BCUT2D eigenvalue weighted by Crippen LogP contribution is -2.16. The van der Waals surface area contributed by atoms with Crippen LogP contribution in [0, 0.1) is 6.92 Å². The van der Waals surface area contributed by atoms with Gasteiger partial charge in [-0.1, -0.05) is 41.5 Å². The molecule has 0 spiro atoms. The summed E-state index contributed by atoms with van der Waals surface area (Å²) in [7, 11) is 0. The first-order chi connectivity index (χ1) is 6.14. The van der Waals surface area contributed by atoms with Crippen molar-refractivity contribution in [3.63, 3.8) is 0 Å². The first-order valence-electron chi connectivity index (χ1n) is 5.20. The maximum absolute atomic E-state index is 4.43. The highest BCUT2D eigenvalue weighted by Gasteiger charge is 2.26. The van der Waals surface area contributed by atoms with Crippen LogP contribution in [-0.2, 0) is 10.8 Å². The minimum Gasteiger partial charge on any atom is -0.281 e. The van der Waals surface area contributed by atoms with Gasteiger partial charge < -0.3 is 0 Å². The molecule has 1 aromatic rings. The van der Waals surface area contributed by atoms with Gasteiger partial charge in [0.05, 0.1) is 5.69 Å². The van der Waals surface area contributed by atoms with Crippen LogP contribution >= 0.6 is 0 Å². The van der Waals surface area contributed by atoms with Gasteiger partial charge in [-0.3, -0.25) is 5.10 Å². The third-order valence-electron chi connectivity index (χ3n) is 2.47. The average Bonchev–Trinajstić information content (AvgIpc) is 2.26. The third kappa shape index (κ3) is 1.99. The van der Waals surface area contributed by atoms with E-state index >= 15 is 0 Å². The zero-order valence-corrected chi connectivity index (χ0v) is 10.4. The fourth-order valence-electron chi connectivity index (χ4n) is 1.86. The summed E-state index contributed by atoms with van der Waals surface area (Å²) in [6, 6.07) is 0. The Morgan fingerprint density at radius 2 is 1.43 bits per heavy atom. The smallest absolute Gasteiger partial charge is 0.0707 e. The molecule has 0 bridgehead atoms. The molecule has 0 aliphatic heterocycles. The van der Waals surface area contributed by atoms with E-state index in [1.165, 1.54) is 17.0 Å². The Morgan fingerprint density at radius 3 is 1.64 bits per heavy atom. The highest BCUT2D eigenvalue weighted by atomic mass is 15.1. The fraction of sp³-hybridized carbons (Fsp3) is 0.750. The van der Waals surface area contributed by atoms with Crippen LogP contribution in [0.15, 0.2) is 0 Å². The molecule has 0 unspecified atom stereocenters. The van der Waals surface area contributed by atoms with Crippen molar-refractivity contribution in [3.05, 3.63) is 17.0 Å². The van der Waals surface area contributed by atoms with Crippen molar-refractivity contribution in [1.29, 1.82) is 0 Å². The normalized spacial score (nSPS) is 13.4. The molecule has 1 rings (SSSR count). The Bertz CT molecular complexity index is 290. The molecule has 0 radical (unpaired) electrons. The van der Waals surface area contributed by atoms with Crippen LogP contribution < -0.4 is 0 Å². The summed E-state index contributed by atoms with van der Waals surface area (Å²) < 4.78 is 0. The van der Waals surface area contributed by atoms with Gasteiger partial charge in [0.1, 0.15) is 0 Å². The Labute approximate surface area is 87.1 Å². The lowest BCUT2D eigenvalue weighted by molar-refractivity contribution is 0.563. The van der Waals surface area contributed by atoms with Crippen molar-refractivity contribution in [2.75, 3.05) is 0 Å². The second-order valence-electron chi connectivity index (χ2n) is 6.07. The molecule has 2 heteroatoms. The van der Waals surface area contributed by atoms with Crippen LogP contribution in [0.25, 0.3) is 0 Å². The predicted octanol–water partition coefficient (Wildman–Crippen LogP) is 3.31. The van der Waals surface area contributed by atoms with E-state index in [0.717, 1.165) is 0 Å². The maximum atomic E-state index is 4.43. The first kappa shape index (κ1) is 11.3. The lowest BCUT2D eigenvalue weighted by Gasteiger charge is -2.20. The molecule has 0 saturated heterocycles. The van der Waals surface area contributed by atoms with Crippen LogP contribution in [0.5, 0.6) is 0 Å². The van der Waals surface area contributed by atoms with Gasteiger partial charge in [-0.2, -0.15) is 5.10 Å². The maximum Gasteiger partial charge on any atom is 0.0707 e. The second kappa shape index (κ2) is 3.11. The minimum absolute atomic E-state index is 0.129. The van der Waals surface area contributed by atoms with E-state index in [-0.39, 0.29) is 10.8 Å². The second-order valence-corrected chi connectivity index (χ2v) is 6.07. The molecule has 0 amide bonds. The number of rotatable bonds is 0. The molecular weight excluding hydrogens is 172 g/mol. The van der Waals surface area contributed by atoms with E-state index in [0.29, 0.717) is 0 Å². The summed E-state index contributed by atoms with van der Waals surface area (Å²) in [5.74, 6) is 0. The molecule has 1 N–H and O–H groups in total. The SMILES string of the molecule is Cc1c(C(C)(C)C)n[nH]c1C(C)(C)C. The van der Waals surface area contributed by atoms with E-state index in [1.807, 2.05) is 0 Å². The first-order valence-corrected chi connectivity index (χ1v) is 5.20. The highest BCUT2D eigenvalue weighted by molar-refractivity contribution is 5.32. The summed E-state index contributed by atoms with van der Waals surface area (Å²) in [6.07, 6.45) is 0. The number of aromatic amines is 1. The van der Waals surface area contributed by atoms with Crippen LogP contribution in [0.3, 0.4) is 0 Å². The summed E-state index contributed by atoms with van der Waals surface area (Å²) in [4.78, 5) is 0. The molecule has 80 valence electrons. The molecule has 1 aromatic heterocycles.